The minimum Gasteiger partial charge on any atom is -0.405 e. The quantitative estimate of drug-likeness (QED) is 0.191. The van der Waals surface area contributed by atoms with Crippen LogP contribution in [-0.4, -0.2) is 50.1 Å². The first kappa shape index (κ1) is 31.5. The van der Waals surface area contributed by atoms with Crippen LogP contribution in [0.25, 0.3) is 0 Å². The lowest BCUT2D eigenvalue weighted by Gasteiger charge is -2.43. The molecule has 1 aliphatic heterocycles. The zero-order valence-electron chi connectivity index (χ0n) is 24.4. The van der Waals surface area contributed by atoms with E-state index in [9.17, 15) is 13.2 Å². The smallest absolute Gasteiger partial charge is 0.405 e. The third-order valence-electron chi connectivity index (χ3n) is 6.92. The van der Waals surface area contributed by atoms with Gasteiger partial charge >= 0.3 is 6.18 Å². The Morgan fingerprint density at radius 3 is 2.42 bits per heavy atom. The number of hydrogen-bond acceptors (Lipinski definition) is 6. The van der Waals surface area contributed by atoms with Gasteiger partial charge in [0, 0.05) is 42.0 Å². The second-order valence-electron chi connectivity index (χ2n) is 11.5. The molecule has 0 bridgehead atoms. The summed E-state index contributed by atoms with van der Waals surface area (Å²) in [5, 5.41) is 10.6. The van der Waals surface area contributed by atoms with Crippen molar-refractivity contribution < 1.29 is 17.9 Å². The number of halogens is 3. The molecule has 5 N–H and O–H groups in total. The molecule has 2 atom stereocenters. The number of ether oxygens (including phenoxy) is 1. The fourth-order valence-corrected chi connectivity index (χ4v) is 4.61. The Morgan fingerprint density at radius 1 is 1.12 bits per heavy atom. The first-order chi connectivity index (χ1) is 18.8. The van der Waals surface area contributed by atoms with Crippen LogP contribution in [0.4, 0.5) is 24.5 Å². The van der Waals surface area contributed by atoms with Crippen LogP contribution in [0.1, 0.15) is 57.5 Å². The molecule has 40 heavy (non-hydrogen) atoms. The standard InChI is InChI=1S/C31H44F3N5O/c1-21(2)40-17-16-36-20-28-38-27-19-22(18-24(8-7-15-35)31(32,33)34)9-14-26(27)29(39(28)6)37-25-12-10-23(11-13-25)30(3,4)5/h7-15,19,21,28-29,36-38H,16-18,20,35H2,1-6H3/b15-7-,24-8+. The summed E-state index contributed by atoms with van der Waals surface area (Å²) in [6.07, 6.45) is -1.49. The van der Waals surface area contributed by atoms with Crippen LogP contribution < -0.4 is 21.7 Å². The highest BCUT2D eigenvalue weighted by atomic mass is 19.4. The van der Waals surface area contributed by atoms with Crippen molar-refractivity contribution in [2.45, 2.75) is 71.1 Å². The molecule has 9 heteroatoms. The third-order valence-corrected chi connectivity index (χ3v) is 6.92. The van der Waals surface area contributed by atoms with Crippen molar-refractivity contribution in [1.82, 2.24) is 10.2 Å². The van der Waals surface area contributed by atoms with E-state index in [0.29, 0.717) is 25.3 Å². The fourth-order valence-electron chi connectivity index (χ4n) is 4.61. The van der Waals surface area contributed by atoms with Gasteiger partial charge in [-0.25, -0.2) is 0 Å². The first-order valence-corrected chi connectivity index (χ1v) is 13.7. The fraction of sp³-hybridized carbons (Fsp3) is 0.484. The van der Waals surface area contributed by atoms with Crippen molar-refractivity contribution in [3.8, 4) is 0 Å². The van der Waals surface area contributed by atoms with Gasteiger partial charge in [-0.1, -0.05) is 51.1 Å². The maximum absolute atomic E-state index is 13.6. The lowest BCUT2D eigenvalue weighted by atomic mass is 9.87. The molecule has 6 nitrogen and oxygen atoms in total. The molecule has 0 aliphatic carbocycles. The highest BCUT2D eigenvalue weighted by Gasteiger charge is 2.34. The van der Waals surface area contributed by atoms with Crippen molar-refractivity contribution in [3.05, 3.63) is 83.1 Å². The molecular formula is C31H44F3N5O. The normalized spacial score (nSPS) is 18.7. The number of rotatable bonds is 11. The highest BCUT2D eigenvalue weighted by Crippen LogP contribution is 2.37. The van der Waals surface area contributed by atoms with Gasteiger partial charge in [0.2, 0.25) is 0 Å². The van der Waals surface area contributed by atoms with Crippen molar-refractivity contribution in [2.24, 2.45) is 5.73 Å². The van der Waals surface area contributed by atoms with Gasteiger partial charge in [-0.3, -0.25) is 4.90 Å². The molecule has 0 saturated heterocycles. The van der Waals surface area contributed by atoms with Crippen LogP contribution in [0.5, 0.6) is 0 Å². The number of nitrogens with zero attached hydrogens (tertiary/aromatic N) is 1. The molecule has 2 aromatic carbocycles. The number of hydrogen-bond donors (Lipinski definition) is 4. The monoisotopic (exact) mass is 559 g/mol. The van der Waals surface area contributed by atoms with Crippen molar-refractivity contribution in [1.29, 1.82) is 0 Å². The molecule has 0 aromatic heterocycles. The lowest BCUT2D eigenvalue weighted by molar-refractivity contribution is -0.0931. The van der Waals surface area contributed by atoms with E-state index in [2.05, 4.69) is 65.9 Å². The summed E-state index contributed by atoms with van der Waals surface area (Å²) >= 11 is 0. The molecule has 2 aromatic rings. The van der Waals surface area contributed by atoms with Crippen LogP contribution in [-0.2, 0) is 16.6 Å². The Bertz CT molecular complexity index is 1150. The van der Waals surface area contributed by atoms with Crippen LogP contribution >= 0.6 is 0 Å². The highest BCUT2D eigenvalue weighted by molar-refractivity contribution is 5.60. The van der Waals surface area contributed by atoms with Gasteiger partial charge in [0.05, 0.1) is 18.9 Å². The van der Waals surface area contributed by atoms with Crippen LogP contribution in [0.2, 0.25) is 0 Å². The molecule has 0 spiro atoms. The minimum absolute atomic E-state index is 0.0484. The molecule has 0 amide bonds. The lowest BCUT2D eigenvalue weighted by Crippen LogP contribution is -2.52. The predicted molar refractivity (Wildman–Crippen MR) is 158 cm³/mol. The largest absolute Gasteiger partial charge is 0.413 e. The summed E-state index contributed by atoms with van der Waals surface area (Å²) in [4.78, 5) is 2.20. The second-order valence-corrected chi connectivity index (χ2v) is 11.5. The zero-order chi connectivity index (χ0) is 29.5. The number of fused-ring (bicyclic) bond motifs is 1. The summed E-state index contributed by atoms with van der Waals surface area (Å²) in [6, 6.07) is 13.9. The summed E-state index contributed by atoms with van der Waals surface area (Å²) in [5.41, 5.74) is 9.22. The molecule has 0 fully saturated rings. The van der Waals surface area contributed by atoms with E-state index >= 15 is 0 Å². The van der Waals surface area contributed by atoms with Crippen LogP contribution in [0.15, 0.2) is 66.4 Å². The van der Waals surface area contributed by atoms with Gasteiger partial charge in [0.15, 0.2) is 0 Å². The average molecular weight is 560 g/mol. The average Bonchev–Trinajstić information content (AvgIpc) is 2.87. The topological polar surface area (TPSA) is 74.6 Å². The predicted octanol–water partition coefficient (Wildman–Crippen LogP) is 6.30. The third kappa shape index (κ3) is 8.74. The molecule has 1 heterocycles. The van der Waals surface area contributed by atoms with Crippen molar-refractivity contribution in [3.63, 3.8) is 0 Å². The summed E-state index contributed by atoms with van der Waals surface area (Å²) in [6.45, 7) is 12.5. The number of nitrogens with one attached hydrogen (secondary N) is 3. The zero-order valence-corrected chi connectivity index (χ0v) is 24.4. The molecule has 2 unspecified atom stereocenters. The number of alkyl halides is 3. The minimum atomic E-state index is -4.45. The maximum atomic E-state index is 13.6. The summed E-state index contributed by atoms with van der Waals surface area (Å²) < 4.78 is 46.6. The Kier molecular flexibility index (Phi) is 10.7. The molecule has 220 valence electrons. The Balaban J connectivity index is 1.88. The van der Waals surface area contributed by atoms with Crippen LogP contribution in [0, 0.1) is 0 Å². The summed E-state index contributed by atoms with van der Waals surface area (Å²) in [7, 11) is 2.03. The van der Waals surface area contributed by atoms with Gasteiger partial charge in [-0.15, -0.1) is 0 Å². The second kappa shape index (κ2) is 13.6. The van der Waals surface area contributed by atoms with Gasteiger partial charge < -0.3 is 26.4 Å². The van der Waals surface area contributed by atoms with E-state index in [1.807, 2.05) is 33.0 Å². The van der Waals surface area contributed by atoms with E-state index in [1.54, 1.807) is 6.07 Å². The van der Waals surface area contributed by atoms with Gasteiger partial charge in [0.25, 0.3) is 0 Å². The van der Waals surface area contributed by atoms with E-state index in [4.69, 9.17) is 10.5 Å². The first-order valence-electron chi connectivity index (χ1n) is 13.7. The SMILES string of the molecule is CC(C)OCCNCC1Nc2cc(C/C(=C\C=C/N)C(F)(F)F)ccc2C(Nc2ccc(C(C)(C)C)cc2)N1C. The Labute approximate surface area is 236 Å². The molecule has 0 saturated carbocycles. The van der Waals surface area contributed by atoms with Crippen molar-refractivity contribution >= 4 is 11.4 Å². The Morgan fingerprint density at radius 2 is 1.82 bits per heavy atom. The van der Waals surface area contributed by atoms with Gasteiger partial charge in [-0.2, -0.15) is 13.2 Å². The number of nitrogens with two attached hydrogens (primary N) is 1. The van der Waals surface area contributed by atoms with Crippen molar-refractivity contribution in [2.75, 3.05) is 37.4 Å². The molecule has 1 aliphatic rings. The number of benzene rings is 2. The number of allylic oxidation sites excluding steroid dienone is 3. The molecule has 3 rings (SSSR count). The molecule has 0 radical (unpaired) electrons. The molecular weight excluding hydrogens is 515 g/mol. The van der Waals surface area contributed by atoms with Gasteiger partial charge in [0.1, 0.15) is 6.17 Å². The number of likely N-dealkylation sites (N-methyl/N-ethyl adjacent to an activating group) is 1. The number of anilines is 2. The summed E-state index contributed by atoms with van der Waals surface area (Å²) in [5.74, 6) is 0. The maximum Gasteiger partial charge on any atom is 0.413 e. The van der Waals surface area contributed by atoms with E-state index < -0.39 is 11.7 Å². The van der Waals surface area contributed by atoms with Crippen LogP contribution in [0.3, 0.4) is 0 Å². The van der Waals surface area contributed by atoms with E-state index in [1.165, 1.54) is 11.6 Å². The van der Waals surface area contributed by atoms with Gasteiger partial charge in [-0.05, 0) is 67.9 Å². The van der Waals surface area contributed by atoms with E-state index in [-0.39, 0.29) is 30.3 Å². The Hall–Kier alpha value is -3.01. The van der Waals surface area contributed by atoms with E-state index in [0.717, 1.165) is 29.2 Å².